The Kier molecular flexibility index (Phi) is 3.29. The zero-order valence-corrected chi connectivity index (χ0v) is 15.4. The number of piperazine rings is 1. The van der Waals surface area contributed by atoms with Gasteiger partial charge in [-0.3, -0.25) is 4.90 Å². The lowest BCUT2D eigenvalue weighted by Crippen LogP contribution is -2.47. The summed E-state index contributed by atoms with van der Waals surface area (Å²) in [6.45, 7) is -2.06. The van der Waals surface area contributed by atoms with Crippen LogP contribution in [0.3, 0.4) is 0 Å². The van der Waals surface area contributed by atoms with E-state index in [9.17, 15) is 4.79 Å². The first kappa shape index (κ1) is 9.35. The predicted molar refractivity (Wildman–Crippen MR) is 108 cm³/mol. The molecule has 1 aromatic rings. The molecule has 0 unspecified atom stereocenters. The van der Waals surface area contributed by atoms with Crippen molar-refractivity contribution in [3.63, 3.8) is 0 Å². The Morgan fingerprint density at radius 1 is 1.27 bits per heavy atom. The van der Waals surface area contributed by atoms with E-state index < -0.39 is 56.4 Å². The molecule has 1 aliphatic carbocycles. The molecule has 0 atom stereocenters. The third-order valence-corrected chi connectivity index (χ3v) is 4.76. The number of benzene rings is 1. The smallest absolute Gasteiger partial charge is 0.312 e. The Hall–Kier alpha value is -1.17. The number of nitrogens with one attached hydrogen (secondary N) is 1. The van der Waals surface area contributed by atoms with Crippen LogP contribution in [-0.2, 0) is 0 Å². The molecule has 1 saturated heterocycles. The van der Waals surface area contributed by atoms with Crippen LogP contribution < -0.4 is 16.0 Å². The molecule has 5 nitrogen and oxygen atoms in total. The molecular weight excluding hydrogens is 371 g/mol. The zero-order chi connectivity index (χ0) is 29.3. The molecule has 3 N–H and O–H groups in total. The molecule has 2 amide bonds. The summed E-state index contributed by atoms with van der Waals surface area (Å²) in [4.78, 5) is 14.6. The molecule has 2 aliphatic rings. The number of anilines is 1. The Labute approximate surface area is 182 Å². The van der Waals surface area contributed by atoms with Crippen LogP contribution in [0.1, 0.15) is 48.4 Å². The summed E-state index contributed by atoms with van der Waals surface area (Å²) in [6, 6.07) is -0.125. The first-order valence-electron chi connectivity index (χ1n) is 14.0. The van der Waals surface area contributed by atoms with E-state index in [2.05, 4.69) is 0 Å². The van der Waals surface area contributed by atoms with E-state index in [1.165, 1.54) is 10.2 Å². The average Bonchev–Trinajstić information content (AvgIpc) is 2.78. The second kappa shape index (κ2) is 9.16. The highest BCUT2D eigenvalue weighted by Crippen LogP contribution is 2.33. The van der Waals surface area contributed by atoms with Crippen LogP contribution in [0.25, 0.3) is 0 Å². The second-order valence-corrected chi connectivity index (χ2v) is 6.51. The SMILES string of the molecule is [2H]C([2H])(CC1([2H])C([2H])([2H])C([2H])([2H])C([2H])(NC(N)=O)C([2H])([2H])C1([2H])[2H])N1CCN(c2cccc(Cl)c2Cl)CC1. The number of carbonyl (C=O) groups excluding carboxylic acids is 1. The Morgan fingerprint density at radius 2 is 1.96 bits per heavy atom. The van der Waals surface area contributed by atoms with Crippen molar-refractivity contribution in [3.8, 4) is 0 Å². The van der Waals surface area contributed by atoms with Gasteiger partial charge in [0.2, 0.25) is 0 Å². The number of rotatable bonds is 5. The van der Waals surface area contributed by atoms with E-state index in [1.54, 1.807) is 18.2 Å². The molecule has 0 radical (unpaired) electrons. The summed E-state index contributed by atoms with van der Waals surface area (Å²) in [5.41, 5.74) is 5.60. The molecule has 0 aromatic heterocycles. The van der Waals surface area contributed by atoms with Gasteiger partial charge in [-0.1, -0.05) is 29.3 Å². The average molecular weight is 411 g/mol. The third-order valence-electron chi connectivity index (χ3n) is 3.96. The Morgan fingerprint density at radius 3 is 2.62 bits per heavy atom. The minimum atomic E-state index is -3.72. The maximum Gasteiger partial charge on any atom is 0.312 e. The molecule has 3 rings (SSSR count). The van der Waals surface area contributed by atoms with Crippen LogP contribution in [-0.4, -0.2) is 49.6 Å². The lowest BCUT2D eigenvalue weighted by Gasteiger charge is -2.37. The highest BCUT2D eigenvalue weighted by molar-refractivity contribution is 6.43. The monoisotopic (exact) mass is 410 g/mol. The number of hydrogen-bond donors (Lipinski definition) is 2. The lowest BCUT2D eigenvalue weighted by atomic mass is 9.84. The first-order chi connectivity index (χ1) is 17.0. The van der Waals surface area contributed by atoms with Crippen molar-refractivity contribution in [1.29, 1.82) is 0 Å². The summed E-state index contributed by atoms with van der Waals surface area (Å²) in [5, 5.41) is 2.15. The van der Waals surface area contributed by atoms with E-state index in [0.29, 0.717) is 15.7 Å². The second-order valence-electron chi connectivity index (χ2n) is 5.72. The molecule has 0 bridgehead atoms. The number of urea groups is 1. The van der Waals surface area contributed by atoms with E-state index in [0.717, 1.165) is 0 Å². The van der Waals surface area contributed by atoms with Crippen molar-refractivity contribution in [2.45, 2.75) is 37.9 Å². The maximum atomic E-state index is 11.5. The molecule has 2 fully saturated rings. The first-order valence-corrected chi connectivity index (χ1v) is 8.79. The molecule has 1 saturated carbocycles. The maximum absolute atomic E-state index is 11.5. The topological polar surface area (TPSA) is 61.6 Å². The normalized spacial score (nSPS) is 45.2. The van der Waals surface area contributed by atoms with Crippen LogP contribution in [0, 0.1) is 5.89 Å². The van der Waals surface area contributed by atoms with Gasteiger partial charge in [0, 0.05) is 47.3 Å². The molecule has 7 heteroatoms. The fourth-order valence-corrected chi connectivity index (χ4v) is 3.06. The molecule has 144 valence electrons. The summed E-state index contributed by atoms with van der Waals surface area (Å²) < 4.78 is 102. The summed E-state index contributed by atoms with van der Waals surface area (Å²) in [6.07, 6.45) is -16.1. The standard InChI is InChI=1S/C19H28Cl2N4O/c20-16-2-1-3-17(18(16)21)25-12-10-24(11-13-25)9-8-14-4-6-15(7-5-14)23-19(22)26/h1-3,14-15H,4-13H2,(H3,22,23,26)/i4D2,5D2,6D2,7D2,9D2,14D,15D. The molecule has 26 heavy (non-hydrogen) atoms. The number of nitrogens with zero attached hydrogens (tertiary/aromatic N) is 2. The summed E-state index contributed by atoms with van der Waals surface area (Å²) in [5.74, 6) is -3.40. The van der Waals surface area contributed by atoms with Gasteiger partial charge < -0.3 is 16.0 Å². The van der Waals surface area contributed by atoms with Crippen LogP contribution in [0.2, 0.25) is 10.0 Å². The number of hydrogen-bond acceptors (Lipinski definition) is 3. The van der Waals surface area contributed by atoms with Crippen molar-refractivity contribution < 1.29 is 21.2 Å². The van der Waals surface area contributed by atoms with Gasteiger partial charge >= 0.3 is 6.03 Å². The van der Waals surface area contributed by atoms with Gasteiger partial charge in [0.05, 0.1) is 17.1 Å². The minimum absolute atomic E-state index is 0.0311. The molecule has 1 aromatic carbocycles. The van der Waals surface area contributed by atoms with Crippen molar-refractivity contribution >= 4 is 34.9 Å². The Balaban J connectivity index is 1.95. The van der Waals surface area contributed by atoms with E-state index in [4.69, 9.17) is 45.4 Å². The number of nitrogens with two attached hydrogens (primary N) is 1. The number of halogens is 2. The fourth-order valence-electron chi connectivity index (χ4n) is 2.65. The number of carbonyl (C=O) groups is 1. The van der Waals surface area contributed by atoms with Crippen molar-refractivity contribution in [1.82, 2.24) is 10.2 Å². The van der Waals surface area contributed by atoms with Gasteiger partial charge in [-0.2, -0.15) is 0 Å². The largest absolute Gasteiger partial charge is 0.368 e. The van der Waals surface area contributed by atoms with Crippen molar-refractivity contribution in [2.24, 2.45) is 11.6 Å². The van der Waals surface area contributed by atoms with E-state index in [1.807, 2.05) is 4.90 Å². The quantitative estimate of drug-likeness (QED) is 0.776. The highest BCUT2D eigenvalue weighted by Gasteiger charge is 2.24. The van der Waals surface area contributed by atoms with Crippen LogP contribution in [0.4, 0.5) is 10.5 Å². The van der Waals surface area contributed by atoms with Gasteiger partial charge in [0.15, 0.2) is 0 Å². The predicted octanol–water partition coefficient (Wildman–Crippen LogP) is 3.73. The van der Waals surface area contributed by atoms with Crippen LogP contribution >= 0.6 is 23.2 Å². The number of primary amides is 1. The molecule has 0 spiro atoms. The number of amides is 2. The molecule has 1 aliphatic heterocycles. The Bertz CT molecular complexity index is 1070. The summed E-state index contributed by atoms with van der Waals surface area (Å²) >= 11 is 12.4. The van der Waals surface area contributed by atoms with Gasteiger partial charge in [0.1, 0.15) is 0 Å². The van der Waals surface area contributed by atoms with Crippen molar-refractivity contribution in [2.75, 3.05) is 37.6 Å². The fraction of sp³-hybridized carbons (Fsp3) is 0.632. The highest BCUT2D eigenvalue weighted by atomic mass is 35.5. The van der Waals surface area contributed by atoms with E-state index >= 15 is 0 Å². The lowest BCUT2D eigenvalue weighted by molar-refractivity contribution is 0.207. The van der Waals surface area contributed by atoms with Crippen LogP contribution in [0.5, 0.6) is 0 Å². The zero-order valence-electron chi connectivity index (χ0n) is 25.9. The molecule has 1 heterocycles. The van der Waals surface area contributed by atoms with E-state index in [-0.39, 0.29) is 26.2 Å². The van der Waals surface area contributed by atoms with Gasteiger partial charge in [-0.05, 0) is 56.4 Å². The van der Waals surface area contributed by atoms with Gasteiger partial charge in [0.25, 0.3) is 0 Å². The van der Waals surface area contributed by atoms with Gasteiger partial charge in [-0.25, -0.2) is 4.79 Å². The summed E-state index contributed by atoms with van der Waals surface area (Å²) in [7, 11) is 0. The van der Waals surface area contributed by atoms with Gasteiger partial charge in [-0.15, -0.1) is 0 Å². The molecular formula is C19H28Cl2N4O. The van der Waals surface area contributed by atoms with Crippen LogP contribution in [0.15, 0.2) is 18.2 Å². The third kappa shape index (κ3) is 5.18. The van der Waals surface area contributed by atoms with Crippen molar-refractivity contribution in [3.05, 3.63) is 28.2 Å². The minimum Gasteiger partial charge on any atom is -0.368 e.